The molecule has 0 aromatic heterocycles. The average molecular weight is 502 g/mol. The number of alkyl halides is 4. The summed E-state index contributed by atoms with van der Waals surface area (Å²) in [5.74, 6) is 3.41. The van der Waals surface area contributed by atoms with Gasteiger partial charge in [0, 0.05) is 0 Å². The second-order valence-corrected chi connectivity index (χ2v) is 14.6. The fourth-order valence-corrected chi connectivity index (χ4v) is 8.73. The van der Waals surface area contributed by atoms with Crippen LogP contribution in [0, 0.1) is 34.5 Å². The summed E-state index contributed by atoms with van der Waals surface area (Å²) < 4.78 is 0.543. The lowest BCUT2D eigenvalue weighted by molar-refractivity contribution is -0.0139. The van der Waals surface area contributed by atoms with Gasteiger partial charge in [-0.05, 0) is 60.2 Å². The van der Waals surface area contributed by atoms with Crippen molar-refractivity contribution in [3.63, 3.8) is 0 Å². The van der Waals surface area contributed by atoms with E-state index in [-0.39, 0.29) is 6.47 Å². The van der Waals surface area contributed by atoms with E-state index in [0.717, 1.165) is 23.7 Å². The molecule has 4 heteroatoms. The Hall–Kier alpha value is 1.66. The Kier molecular flexibility index (Phi) is 2.07. The molecule has 0 amide bonds. The summed E-state index contributed by atoms with van der Waals surface area (Å²) in [6.07, 6.45) is 10.7. The van der Waals surface area contributed by atoms with Crippen LogP contribution >= 0.6 is 63.7 Å². The molecule has 0 saturated heterocycles. The van der Waals surface area contributed by atoms with Gasteiger partial charge < -0.3 is 0 Å². The molecule has 0 unspecified atom stereocenters. The highest BCUT2D eigenvalue weighted by Gasteiger charge is 2.79. The molecule has 0 spiro atoms. The lowest BCUT2D eigenvalue weighted by atomic mass is 9.44. The van der Waals surface area contributed by atoms with Crippen molar-refractivity contribution >= 4 is 63.7 Å². The zero-order chi connectivity index (χ0) is 12.6. The molecule has 5 aliphatic carbocycles. The second-order valence-electron chi connectivity index (χ2n) is 7.24. The first-order valence-corrected chi connectivity index (χ1v) is 9.96. The molecule has 4 fully saturated rings. The van der Waals surface area contributed by atoms with Gasteiger partial charge in [-0.1, -0.05) is 75.9 Å². The predicted molar refractivity (Wildman–Crippen MR) is 87.6 cm³/mol. The van der Waals surface area contributed by atoms with Gasteiger partial charge in [0.25, 0.3) is 0 Å². The third-order valence-corrected chi connectivity index (χ3v) is 11.5. The summed E-state index contributed by atoms with van der Waals surface area (Å²) in [5.41, 5.74) is 1.06. The second kappa shape index (κ2) is 3.05. The molecule has 5 aliphatic rings. The van der Waals surface area contributed by atoms with Gasteiger partial charge in [-0.25, -0.2) is 0 Å². The highest BCUT2D eigenvalue weighted by atomic mass is 79.9. The van der Waals surface area contributed by atoms with Crippen LogP contribution in [0.4, 0.5) is 0 Å². The molecular weight excluding hydrogens is 488 g/mol. The van der Waals surface area contributed by atoms with Crippen molar-refractivity contribution in [2.45, 2.75) is 32.2 Å². The summed E-state index contributed by atoms with van der Waals surface area (Å²) in [7, 11) is 0. The zero-order valence-corrected chi connectivity index (χ0v) is 16.1. The Bertz CT molecular complexity index is 420. The SMILES string of the molecule is BrC1(Br)[C@@H]2CC34C=CC3(C[C@H]21)C[C@@H]1[C@@H](C4)C1(Br)Br. The van der Waals surface area contributed by atoms with Crippen LogP contribution in [0.3, 0.4) is 0 Å². The fraction of sp³-hybridized carbons (Fsp3) is 0.857. The van der Waals surface area contributed by atoms with Crippen LogP contribution in [0.15, 0.2) is 12.2 Å². The average Bonchev–Trinajstić information content (AvgIpc) is 2.99. The smallest absolute Gasteiger partial charge is 0.0808 e. The first-order chi connectivity index (χ1) is 8.33. The van der Waals surface area contributed by atoms with Gasteiger partial charge >= 0.3 is 0 Å². The molecule has 4 atom stereocenters. The van der Waals surface area contributed by atoms with E-state index in [9.17, 15) is 0 Å². The van der Waals surface area contributed by atoms with Gasteiger partial charge in [0.05, 0.1) is 6.47 Å². The van der Waals surface area contributed by atoms with E-state index < -0.39 is 0 Å². The van der Waals surface area contributed by atoms with E-state index in [4.69, 9.17) is 0 Å². The number of halogens is 4. The van der Waals surface area contributed by atoms with Gasteiger partial charge in [0.1, 0.15) is 0 Å². The molecule has 98 valence electrons. The van der Waals surface area contributed by atoms with Gasteiger partial charge in [0.2, 0.25) is 0 Å². The number of allylic oxidation sites excluding steroid dienone is 2. The Balaban J connectivity index is 1.55. The van der Waals surface area contributed by atoms with E-state index in [1.807, 2.05) is 0 Å². The van der Waals surface area contributed by atoms with Gasteiger partial charge in [-0.2, -0.15) is 0 Å². The van der Waals surface area contributed by atoms with Gasteiger partial charge in [-0.3, -0.25) is 0 Å². The minimum Gasteiger partial charge on any atom is -0.0808 e. The molecule has 0 heterocycles. The van der Waals surface area contributed by atoms with Crippen molar-refractivity contribution < 1.29 is 0 Å². The Morgan fingerprint density at radius 3 is 1.11 bits per heavy atom. The Morgan fingerprint density at radius 1 is 0.611 bits per heavy atom. The molecule has 0 bridgehead atoms. The molecular formula is C14H14Br4. The lowest BCUT2D eigenvalue weighted by Crippen LogP contribution is -2.51. The first-order valence-electron chi connectivity index (χ1n) is 6.79. The van der Waals surface area contributed by atoms with Crippen molar-refractivity contribution in [2.24, 2.45) is 34.5 Å². The normalized spacial score (nSPS) is 63.8. The summed E-state index contributed by atoms with van der Waals surface area (Å²) >= 11 is 15.6. The van der Waals surface area contributed by atoms with Crippen LogP contribution in [-0.2, 0) is 0 Å². The standard InChI is InChI=1S/C14H14Br4/c15-13(16)7-3-11-1-2-12(11,5-9(7)13)6-10-8(4-11)14(10,17)18/h1-2,7-10H,3-6H2/t7-,8-,9-,10-,11?,12?/m1/s1. The highest BCUT2D eigenvalue weighted by molar-refractivity contribution is 9.26. The highest BCUT2D eigenvalue weighted by Crippen LogP contribution is 2.85. The van der Waals surface area contributed by atoms with Crippen LogP contribution in [0.2, 0.25) is 0 Å². The van der Waals surface area contributed by atoms with Crippen molar-refractivity contribution in [3.05, 3.63) is 12.2 Å². The molecule has 5 rings (SSSR count). The van der Waals surface area contributed by atoms with Crippen molar-refractivity contribution in [1.29, 1.82) is 0 Å². The summed E-state index contributed by atoms with van der Waals surface area (Å²) in [6, 6.07) is 0. The predicted octanol–water partition coefficient (Wildman–Crippen LogP) is 5.58. The summed E-state index contributed by atoms with van der Waals surface area (Å²) in [6.45, 7) is 0. The molecule has 0 radical (unpaired) electrons. The maximum absolute atomic E-state index is 3.91. The van der Waals surface area contributed by atoms with Crippen LogP contribution in [0.25, 0.3) is 0 Å². The monoisotopic (exact) mass is 498 g/mol. The van der Waals surface area contributed by atoms with Gasteiger partial charge in [-0.15, -0.1) is 0 Å². The topological polar surface area (TPSA) is 0 Å². The largest absolute Gasteiger partial charge is 0.0869 e. The van der Waals surface area contributed by atoms with Crippen molar-refractivity contribution in [3.8, 4) is 0 Å². The van der Waals surface area contributed by atoms with Crippen LogP contribution in [0.1, 0.15) is 25.7 Å². The number of rotatable bonds is 0. The van der Waals surface area contributed by atoms with Crippen LogP contribution in [-0.4, -0.2) is 6.47 Å². The third kappa shape index (κ3) is 1.14. The minimum absolute atomic E-state index is 0.271. The lowest BCUT2D eigenvalue weighted by Gasteiger charge is -2.59. The maximum Gasteiger partial charge on any atom is 0.0869 e. The maximum atomic E-state index is 3.91. The van der Waals surface area contributed by atoms with Gasteiger partial charge in [0.15, 0.2) is 0 Å². The molecule has 4 saturated carbocycles. The fourth-order valence-electron chi connectivity index (χ4n) is 5.41. The molecule has 18 heavy (non-hydrogen) atoms. The minimum atomic E-state index is 0.271. The molecule has 0 aromatic rings. The quantitative estimate of drug-likeness (QED) is 0.300. The van der Waals surface area contributed by atoms with E-state index >= 15 is 0 Å². The Labute approximate surface area is 141 Å². The summed E-state index contributed by atoms with van der Waals surface area (Å²) in [5, 5.41) is 0. The molecule has 0 nitrogen and oxygen atoms in total. The summed E-state index contributed by atoms with van der Waals surface area (Å²) in [4.78, 5) is 0. The Morgan fingerprint density at radius 2 is 0.889 bits per heavy atom. The molecule has 0 aliphatic heterocycles. The number of hydrogen-bond acceptors (Lipinski definition) is 0. The van der Waals surface area contributed by atoms with Crippen molar-refractivity contribution in [2.75, 3.05) is 0 Å². The molecule has 0 N–H and O–H groups in total. The van der Waals surface area contributed by atoms with E-state index in [1.54, 1.807) is 0 Å². The number of hydrogen-bond donors (Lipinski definition) is 0. The van der Waals surface area contributed by atoms with E-state index in [2.05, 4.69) is 75.9 Å². The number of fused-ring (bicyclic) bond motifs is 2. The molecule has 0 aromatic carbocycles. The van der Waals surface area contributed by atoms with Crippen LogP contribution in [0.5, 0.6) is 0 Å². The van der Waals surface area contributed by atoms with Crippen molar-refractivity contribution in [1.82, 2.24) is 0 Å². The van der Waals surface area contributed by atoms with Crippen LogP contribution < -0.4 is 0 Å². The van der Waals surface area contributed by atoms with E-state index in [1.165, 1.54) is 25.7 Å². The third-order valence-electron chi connectivity index (χ3n) is 6.78. The first kappa shape index (κ1) is 12.2. The zero-order valence-electron chi connectivity index (χ0n) is 9.80. The van der Waals surface area contributed by atoms with E-state index in [0.29, 0.717) is 10.8 Å².